The monoisotopic (exact) mass is 283 g/mol. The Balaban J connectivity index is 2.34. The van der Waals surface area contributed by atoms with E-state index in [-0.39, 0.29) is 16.4 Å². The minimum absolute atomic E-state index is 0.130. The number of sulfonamides is 1. The molecular formula is C9H9N5O4S. The van der Waals surface area contributed by atoms with E-state index in [1.54, 1.807) is 0 Å². The van der Waals surface area contributed by atoms with E-state index in [2.05, 4.69) is 20.1 Å². The first-order valence-corrected chi connectivity index (χ1v) is 6.47. The van der Waals surface area contributed by atoms with E-state index in [9.17, 15) is 13.2 Å². The van der Waals surface area contributed by atoms with Gasteiger partial charge in [-0.05, 0) is 23.4 Å². The van der Waals surface area contributed by atoms with Crippen molar-refractivity contribution in [3.63, 3.8) is 0 Å². The quantitative estimate of drug-likeness (QED) is 0.789. The molecule has 1 aromatic carbocycles. The van der Waals surface area contributed by atoms with Crippen LogP contribution in [-0.2, 0) is 17.1 Å². The maximum absolute atomic E-state index is 12.0. The van der Waals surface area contributed by atoms with E-state index in [1.165, 1.54) is 25.2 Å². The molecule has 0 aliphatic rings. The minimum Gasteiger partial charge on any atom is -0.478 e. The molecule has 0 unspecified atom stereocenters. The van der Waals surface area contributed by atoms with Crippen LogP contribution in [-0.4, -0.2) is 39.7 Å². The van der Waals surface area contributed by atoms with Gasteiger partial charge in [0.1, 0.15) is 0 Å². The van der Waals surface area contributed by atoms with Gasteiger partial charge in [0, 0.05) is 0 Å². The van der Waals surface area contributed by atoms with Crippen LogP contribution >= 0.6 is 0 Å². The first kappa shape index (κ1) is 13.0. The zero-order valence-corrected chi connectivity index (χ0v) is 10.5. The van der Waals surface area contributed by atoms with Gasteiger partial charge in [-0.15, -0.1) is 5.10 Å². The molecule has 19 heavy (non-hydrogen) atoms. The highest BCUT2D eigenvalue weighted by molar-refractivity contribution is 7.92. The van der Waals surface area contributed by atoms with Gasteiger partial charge in [0.2, 0.25) is 0 Å². The van der Waals surface area contributed by atoms with Crippen LogP contribution < -0.4 is 4.72 Å². The SMILES string of the molecule is Cn1nnc(NS(=O)(=O)c2cccc(C(=O)O)c2)n1. The van der Waals surface area contributed by atoms with Crippen LogP contribution in [0.5, 0.6) is 0 Å². The molecule has 0 aliphatic carbocycles. The van der Waals surface area contributed by atoms with Gasteiger partial charge in [0.05, 0.1) is 17.5 Å². The van der Waals surface area contributed by atoms with E-state index < -0.39 is 16.0 Å². The Kier molecular flexibility index (Phi) is 3.17. The number of aromatic nitrogens is 4. The minimum atomic E-state index is -3.95. The third kappa shape index (κ3) is 2.85. The lowest BCUT2D eigenvalue weighted by molar-refractivity contribution is 0.0696. The van der Waals surface area contributed by atoms with Crippen molar-refractivity contribution in [2.24, 2.45) is 7.05 Å². The number of tetrazole rings is 1. The molecule has 0 atom stereocenters. The molecule has 1 heterocycles. The number of carboxylic acid groups (broad SMARTS) is 1. The molecule has 0 radical (unpaired) electrons. The first-order valence-electron chi connectivity index (χ1n) is 4.99. The van der Waals surface area contributed by atoms with Gasteiger partial charge < -0.3 is 5.11 Å². The molecule has 2 rings (SSSR count). The normalized spacial score (nSPS) is 11.2. The summed E-state index contributed by atoms with van der Waals surface area (Å²) in [6.45, 7) is 0. The number of carbonyl (C=O) groups is 1. The molecule has 10 heteroatoms. The second-order valence-electron chi connectivity index (χ2n) is 3.54. The lowest BCUT2D eigenvalue weighted by Gasteiger charge is -2.04. The van der Waals surface area contributed by atoms with Crippen LogP contribution in [0.2, 0.25) is 0 Å². The molecule has 0 fully saturated rings. The number of nitrogens with zero attached hydrogens (tertiary/aromatic N) is 4. The van der Waals surface area contributed by atoms with Gasteiger partial charge >= 0.3 is 5.97 Å². The van der Waals surface area contributed by atoms with E-state index in [1.807, 2.05) is 0 Å². The van der Waals surface area contributed by atoms with Crippen LogP contribution in [0.3, 0.4) is 0 Å². The highest BCUT2D eigenvalue weighted by Gasteiger charge is 2.18. The predicted octanol–water partition coefficient (Wildman–Crippen LogP) is -0.291. The number of aryl methyl sites for hydroxylation is 1. The number of nitrogens with one attached hydrogen (secondary N) is 1. The van der Waals surface area contributed by atoms with Crippen molar-refractivity contribution >= 4 is 21.9 Å². The van der Waals surface area contributed by atoms with Crippen LogP contribution in [0.4, 0.5) is 5.95 Å². The van der Waals surface area contributed by atoms with E-state index in [0.717, 1.165) is 10.9 Å². The van der Waals surface area contributed by atoms with E-state index >= 15 is 0 Å². The molecule has 2 aromatic rings. The third-order valence-electron chi connectivity index (χ3n) is 2.13. The highest BCUT2D eigenvalue weighted by atomic mass is 32.2. The molecule has 0 saturated carbocycles. The highest BCUT2D eigenvalue weighted by Crippen LogP contribution is 2.14. The molecule has 1 aromatic heterocycles. The van der Waals surface area contributed by atoms with Gasteiger partial charge in [-0.3, -0.25) is 0 Å². The largest absolute Gasteiger partial charge is 0.478 e. The summed E-state index contributed by atoms with van der Waals surface area (Å²) in [5.41, 5.74) is -0.130. The second-order valence-corrected chi connectivity index (χ2v) is 5.22. The van der Waals surface area contributed by atoms with Crippen molar-refractivity contribution in [3.8, 4) is 0 Å². The summed E-state index contributed by atoms with van der Waals surface area (Å²) < 4.78 is 26.0. The van der Waals surface area contributed by atoms with Crippen LogP contribution in [0.1, 0.15) is 10.4 Å². The molecule has 0 spiro atoms. The molecule has 9 nitrogen and oxygen atoms in total. The fraction of sp³-hybridized carbons (Fsp3) is 0.111. The smallest absolute Gasteiger partial charge is 0.335 e. The average Bonchev–Trinajstić information content (AvgIpc) is 2.74. The third-order valence-corrected chi connectivity index (χ3v) is 3.45. The lowest BCUT2D eigenvalue weighted by atomic mass is 10.2. The van der Waals surface area contributed by atoms with Crippen LogP contribution in [0.15, 0.2) is 29.2 Å². The van der Waals surface area contributed by atoms with Crippen LogP contribution in [0, 0.1) is 0 Å². The van der Waals surface area contributed by atoms with Crippen LogP contribution in [0.25, 0.3) is 0 Å². The zero-order valence-electron chi connectivity index (χ0n) is 9.68. The molecule has 0 bridgehead atoms. The van der Waals surface area contributed by atoms with Crippen molar-refractivity contribution in [1.82, 2.24) is 20.2 Å². The van der Waals surface area contributed by atoms with Gasteiger partial charge in [-0.25, -0.2) is 17.9 Å². The number of benzene rings is 1. The van der Waals surface area contributed by atoms with Crippen molar-refractivity contribution in [3.05, 3.63) is 29.8 Å². The summed E-state index contributed by atoms with van der Waals surface area (Å²) in [5, 5.41) is 19.4. The maximum Gasteiger partial charge on any atom is 0.335 e. The number of anilines is 1. The van der Waals surface area contributed by atoms with Crippen molar-refractivity contribution < 1.29 is 18.3 Å². The molecule has 0 amide bonds. The second kappa shape index (κ2) is 4.65. The number of aromatic carboxylic acids is 1. The molecule has 100 valence electrons. The summed E-state index contributed by atoms with van der Waals surface area (Å²) in [6.07, 6.45) is 0. The Bertz CT molecular complexity index is 724. The molecule has 0 aliphatic heterocycles. The standard InChI is InChI=1S/C9H9N5O4S/c1-14-11-9(10-13-14)12-19(17,18)7-4-2-3-6(5-7)8(15)16/h2-5H,1H3,(H,11,12)(H,15,16). The number of carboxylic acids is 1. The Morgan fingerprint density at radius 2 is 2.16 bits per heavy atom. The van der Waals surface area contributed by atoms with E-state index in [4.69, 9.17) is 5.11 Å². The number of hydrogen-bond acceptors (Lipinski definition) is 6. The van der Waals surface area contributed by atoms with Gasteiger partial charge in [0.15, 0.2) is 0 Å². The molecular weight excluding hydrogens is 274 g/mol. The maximum atomic E-state index is 12.0. The molecule has 0 saturated heterocycles. The number of rotatable bonds is 4. The Labute approximate surface area is 107 Å². The summed E-state index contributed by atoms with van der Waals surface area (Å²) in [6, 6.07) is 4.94. The fourth-order valence-corrected chi connectivity index (χ4v) is 2.28. The zero-order chi connectivity index (χ0) is 14.0. The van der Waals surface area contributed by atoms with Crippen molar-refractivity contribution in [2.45, 2.75) is 4.90 Å². The average molecular weight is 283 g/mol. The van der Waals surface area contributed by atoms with Crippen molar-refractivity contribution in [1.29, 1.82) is 0 Å². The summed E-state index contributed by atoms with van der Waals surface area (Å²) in [5.74, 6) is -1.40. The number of hydrogen-bond donors (Lipinski definition) is 2. The van der Waals surface area contributed by atoms with E-state index in [0.29, 0.717) is 0 Å². The molecule has 2 N–H and O–H groups in total. The topological polar surface area (TPSA) is 127 Å². The first-order chi connectivity index (χ1) is 8.88. The van der Waals surface area contributed by atoms with Gasteiger partial charge in [0.25, 0.3) is 16.0 Å². The van der Waals surface area contributed by atoms with Gasteiger partial charge in [-0.2, -0.15) is 4.80 Å². The van der Waals surface area contributed by atoms with Crippen molar-refractivity contribution in [2.75, 3.05) is 4.72 Å². The Morgan fingerprint density at radius 3 is 2.74 bits per heavy atom. The predicted molar refractivity (Wildman–Crippen MR) is 63.0 cm³/mol. The summed E-state index contributed by atoms with van der Waals surface area (Å²) >= 11 is 0. The summed E-state index contributed by atoms with van der Waals surface area (Å²) in [4.78, 5) is 11.7. The Morgan fingerprint density at radius 1 is 1.42 bits per heavy atom. The van der Waals surface area contributed by atoms with Gasteiger partial charge in [-0.1, -0.05) is 11.2 Å². The summed E-state index contributed by atoms with van der Waals surface area (Å²) in [7, 11) is -2.47. The fourth-order valence-electron chi connectivity index (χ4n) is 1.30. The Hall–Kier alpha value is -2.49. The lowest BCUT2D eigenvalue weighted by Crippen LogP contribution is -2.15.